The zero-order chi connectivity index (χ0) is 19.5. The third-order valence-electron chi connectivity index (χ3n) is 11.1. The number of aliphatic hydroxyl groups is 1. The van der Waals surface area contributed by atoms with Crippen molar-refractivity contribution in [1.82, 2.24) is 0 Å². The predicted molar refractivity (Wildman–Crippen MR) is 114 cm³/mol. The molecule has 4 aliphatic carbocycles. The molecule has 2 heteroatoms. The Morgan fingerprint density at radius 2 is 1.79 bits per heavy atom. The van der Waals surface area contributed by atoms with Crippen molar-refractivity contribution in [1.29, 1.82) is 0 Å². The highest BCUT2D eigenvalue weighted by Crippen LogP contribution is 2.70. The van der Waals surface area contributed by atoms with Crippen LogP contribution >= 0.6 is 0 Å². The normalized spacial score (nSPS) is 55.3. The van der Waals surface area contributed by atoms with E-state index in [4.69, 9.17) is 9.84 Å². The van der Waals surface area contributed by atoms with Crippen LogP contribution in [-0.4, -0.2) is 23.9 Å². The predicted octanol–water partition coefficient (Wildman–Crippen LogP) is 6.21. The van der Waals surface area contributed by atoms with Crippen LogP contribution in [0.3, 0.4) is 0 Å². The average Bonchev–Trinajstić information content (AvgIpc) is 3.15. The minimum absolute atomic E-state index is 0.330. The molecule has 4 unspecified atom stereocenters. The van der Waals surface area contributed by atoms with E-state index < -0.39 is 0 Å². The van der Waals surface area contributed by atoms with Crippen LogP contribution in [0.4, 0.5) is 0 Å². The number of hydrogen-bond acceptors (Lipinski definition) is 2. The van der Waals surface area contributed by atoms with Crippen molar-refractivity contribution in [3.05, 3.63) is 0 Å². The number of aliphatic hydroxyl groups excluding tert-OH is 1. The number of ether oxygens (including phenoxy) is 1. The number of fused-ring (bicyclic) bond motifs is 7. The summed E-state index contributed by atoms with van der Waals surface area (Å²) >= 11 is 0. The molecule has 5 rings (SSSR count). The second-order valence-electron chi connectivity index (χ2n) is 12.0. The lowest BCUT2D eigenvalue weighted by Crippen LogP contribution is -2.53. The Kier molecular flexibility index (Phi) is 5.15. The van der Waals surface area contributed by atoms with Crippen molar-refractivity contribution >= 4 is 0 Å². The van der Waals surface area contributed by atoms with Crippen LogP contribution in [0.15, 0.2) is 0 Å². The third kappa shape index (κ3) is 2.79. The molecule has 0 radical (unpaired) electrons. The first-order valence-corrected chi connectivity index (χ1v) is 12.8. The van der Waals surface area contributed by atoms with E-state index in [0.29, 0.717) is 35.6 Å². The molecule has 1 aliphatic heterocycles. The van der Waals surface area contributed by atoms with Crippen molar-refractivity contribution in [3.63, 3.8) is 0 Å². The van der Waals surface area contributed by atoms with Gasteiger partial charge in [0.15, 0.2) is 0 Å². The van der Waals surface area contributed by atoms with E-state index in [1.54, 1.807) is 0 Å². The van der Waals surface area contributed by atoms with Gasteiger partial charge < -0.3 is 9.84 Å². The largest absolute Gasteiger partial charge is 0.396 e. The van der Waals surface area contributed by atoms with Gasteiger partial charge in [0.05, 0.1) is 12.2 Å². The Hall–Kier alpha value is -0.0800. The Morgan fingerprint density at radius 3 is 2.61 bits per heavy atom. The minimum atomic E-state index is 0.330. The molecule has 0 amide bonds. The molecule has 0 aromatic carbocycles. The summed E-state index contributed by atoms with van der Waals surface area (Å²) in [5.41, 5.74) is 1.17. The molecule has 0 aromatic rings. The summed E-state index contributed by atoms with van der Waals surface area (Å²) in [5, 5.41) is 9.14. The Morgan fingerprint density at radius 1 is 0.929 bits per heavy atom. The van der Waals surface area contributed by atoms with E-state index in [1.807, 2.05) is 0 Å². The van der Waals surface area contributed by atoms with Crippen molar-refractivity contribution in [2.75, 3.05) is 6.61 Å². The highest BCUT2D eigenvalue weighted by molar-refractivity contribution is 5.13. The van der Waals surface area contributed by atoms with E-state index in [9.17, 15) is 0 Å². The van der Waals surface area contributed by atoms with Crippen LogP contribution in [0.25, 0.3) is 0 Å². The Balaban J connectivity index is 1.34. The molecule has 160 valence electrons. The molecule has 0 bridgehead atoms. The molecular weight excluding hydrogens is 344 g/mol. The van der Waals surface area contributed by atoms with E-state index in [1.165, 1.54) is 57.8 Å². The van der Waals surface area contributed by atoms with Crippen molar-refractivity contribution < 1.29 is 9.84 Å². The Bertz CT molecular complexity index is 575. The molecule has 1 saturated heterocycles. The molecule has 0 spiro atoms. The summed E-state index contributed by atoms with van der Waals surface area (Å²) in [5.74, 6) is 5.42. The van der Waals surface area contributed by atoms with E-state index in [-0.39, 0.29) is 0 Å². The fourth-order valence-electron chi connectivity index (χ4n) is 9.77. The molecule has 0 aromatic heterocycles. The van der Waals surface area contributed by atoms with Gasteiger partial charge in [-0.05, 0) is 111 Å². The minimum Gasteiger partial charge on any atom is -0.396 e. The van der Waals surface area contributed by atoms with E-state index in [2.05, 4.69) is 20.8 Å². The fourth-order valence-corrected chi connectivity index (χ4v) is 9.77. The molecule has 1 heterocycles. The van der Waals surface area contributed by atoms with Crippen LogP contribution < -0.4 is 0 Å². The van der Waals surface area contributed by atoms with E-state index >= 15 is 0 Å². The monoisotopic (exact) mass is 388 g/mol. The molecule has 5 fully saturated rings. The first-order valence-electron chi connectivity index (χ1n) is 12.8. The average molecular weight is 389 g/mol. The lowest BCUT2D eigenvalue weighted by Gasteiger charge is -2.60. The van der Waals surface area contributed by atoms with Crippen LogP contribution in [0, 0.1) is 46.3 Å². The van der Waals surface area contributed by atoms with Gasteiger partial charge in [0, 0.05) is 6.61 Å². The summed E-state index contributed by atoms with van der Waals surface area (Å²) in [4.78, 5) is 0. The van der Waals surface area contributed by atoms with Crippen LogP contribution in [0.1, 0.15) is 97.8 Å². The SMILES string of the molecule is CC1C2[C@H](CC3[C@@H]4CC[C@@H]5CCCC[C@]5(C)C4CC[C@@]32C)O[C@@H]1CCCCO. The van der Waals surface area contributed by atoms with Crippen LogP contribution in [0.2, 0.25) is 0 Å². The zero-order valence-electron chi connectivity index (χ0n) is 18.7. The van der Waals surface area contributed by atoms with Gasteiger partial charge in [0.2, 0.25) is 0 Å². The van der Waals surface area contributed by atoms with Gasteiger partial charge >= 0.3 is 0 Å². The second-order valence-corrected chi connectivity index (χ2v) is 12.0. The number of hydrogen-bond donors (Lipinski definition) is 1. The summed E-state index contributed by atoms with van der Waals surface area (Å²) < 4.78 is 6.73. The van der Waals surface area contributed by atoms with Gasteiger partial charge in [-0.1, -0.05) is 33.6 Å². The number of rotatable bonds is 4. The molecule has 1 N–H and O–H groups in total. The highest BCUT2D eigenvalue weighted by Gasteiger charge is 2.65. The van der Waals surface area contributed by atoms with E-state index in [0.717, 1.165) is 48.9 Å². The molecule has 2 nitrogen and oxygen atoms in total. The van der Waals surface area contributed by atoms with Crippen LogP contribution in [-0.2, 0) is 4.74 Å². The maximum atomic E-state index is 9.14. The smallest absolute Gasteiger partial charge is 0.0618 e. The highest BCUT2D eigenvalue weighted by atomic mass is 16.5. The first kappa shape index (κ1) is 19.9. The lowest BCUT2D eigenvalue weighted by atomic mass is 9.44. The van der Waals surface area contributed by atoms with Crippen LogP contribution in [0.5, 0.6) is 0 Å². The summed E-state index contributed by atoms with van der Waals surface area (Å²) in [7, 11) is 0. The molecule has 5 aliphatic rings. The molecule has 10 atom stereocenters. The summed E-state index contributed by atoms with van der Waals surface area (Å²) in [6.07, 6.45) is 17.5. The van der Waals surface area contributed by atoms with Gasteiger partial charge in [-0.2, -0.15) is 0 Å². The maximum absolute atomic E-state index is 9.14. The fraction of sp³-hybridized carbons (Fsp3) is 1.00. The molecule has 4 saturated carbocycles. The molecule has 28 heavy (non-hydrogen) atoms. The van der Waals surface area contributed by atoms with Gasteiger partial charge in [-0.3, -0.25) is 0 Å². The first-order chi connectivity index (χ1) is 13.5. The van der Waals surface area contributed by atoms with Crippen molar-refractivity contribution in [2.24, 2.45) is 46.3 Å². The standard InChI is InChI=1S/C26H44O2/c1-17-22(9-5-7-15-27)28-23-16-21-19-11-10-18-8-4-6-13-25(18,2)20(19)12-14-26(21,3)24(17)23/h17-24,27H,4-16H2,1-3H3/t17?,18-,19+,20?,21?,22+,23-,24?,25-,26-/m0/s1. The topological polar surface area (TPSA) is 29.5 Å². The second kappa shape index (κ2) is 7.26. The molecular formula is C26H44O2. The van der Waals surface area contributed by atoms with Gasteiger partial charge in [0.25, 0.3) is 0 Å². The quantitative estimate of drug-likeness (QED) is 0.580. The maximum Gasteiger partial charge on any atom is 0.0618 e. The summed E-state index contributed by atoms with van der Waals surface area (Å²) in [6.45, 7) is 8.19. The Labute approximate surface area is 173 Å². The lowest BCUT2D eigenvalue weighted by molar-refractivity contribution is -0.115. The van der Waals surface area contributed by atoms with Crippen molar-refractivity contribution in [3.8, 4) is 0 Å². The summed E-state index contributed by atoms with van der Waals surface area (Å²) in [6, 6.07) is 0. The van der Waals surface area contributed by atoms with Gasteiger partial charge in [-0.15, -0.1) is 0 Å². The zero-order valence-corrected chi connectivity index (χ0v) is 18.7. The van der Waals surface area contributed by atoms with Gasteiger partial charge in [-0.25, -0.2) is 0 Å². The third-order valence-corrected chi connectivity index (χ3v) is 11.1. The van der Waals surface area contributed by atoms with Crippen molar-refractivity contribution in [2.45, 2.75) is 110 Å². The van der Waals surface area contributed by atoms with Gasteiger partial charge in [0.1, 0.15) is 0 Å². The number of unbranched alkanes of at least 4 members (excludes halogenated alkanes) is 1.